The highest BCUT2D eigenvalue weighted by Crippen LogP contribution is 2.33. The summed E-state index contributed by atoms with van der Waals surface area (Å²) in [4.78, 5) is 0. The molecule has 17 heavy (non-hydrogen) atoms. The van der Waals surface area contributed by atoms with Crippen molar-refractivity contribution in [2.24, 2.45) is 11.8 Å². The van der Waals surface area contributed by atoms with E-state index < -0.39 is 0 Å². The molecule has 1 N–H and O–H groups in total. The van der Waals surface area contributed by atoms with E-state index in [1.807, 2.05) is 0 Å². The van der Waals surface area contributed by atoms with Gasteiger partial charge in [-0.2, -0.15) is 0 Å². The molecule has 0 heterocycles. The van der Waals surface area contributed by atoms with Gasteiger partial charge in [0.15, 0.2) is 0 Å². The molecule has 1 unspecified atom stereocenters. The lowest BCUT2D eigenvalue weighted by Gasteiger charge is -2.28. The van der Waals surface area contributed by atoms with Crippen LogP contribution in [0.4, 0.5) is 0 Å². The lowest BCUT2D eigenvalue weighted by atomic mass is 9.82. The van der Waals surface area contributed by atoms with Gasteiger partial charge in [0, 0.05) is 3.92 Å². The summed E-state index contributed by atoms with van der Waals surface area (Å²) in [6.45, 7) is 4.34. The van der Waals surface area contributed by atoms with Crippen LogP contribution in [0, 0.1) is 11.8 Å². The fourth-order valence-corrected chi connectivity index (χ4v) is 3.81. The van der Waals surface area contributed by atoms with Gasteiger partial charge in [0.2, 0.25) is 0 Å². The van der Waals surface area contributed by atoms with Gasteiger partial charge in [-0.05, 0) is 56.8 Å². The molecule has 0 spiro atoms. The zero-order valence-corrected chi connectivity index (χ0v) is 13.7. The molecule has 1 aliphatic rings. The summed E-state index contributed by atoms with van der Waals surface area (Å²) in [5, 5.41) is 10.0. The summed E-state index contributed by atoms with van der Waals surface area (Å²) >= 11 is 2.60. The first-order valence-corrected chi connectivity index (χ1v) is 8.74. The van der Waals surface area contributed by atoms with Gasteiger partial charge in [0.25, 0.3) is 0 Å². The van der Waals surface area contributed by atoms with Gasteiger partial charge in [-0.15, -0.1) is 0 Å². The molecule has 2 atom stereocenters. The van der Waals surface area contributed by atoms with Gasteiger partial charge in [-0.3, -0.25) is 0 Å². The van der Waals surface area contributed by atoms with Crippen LogP contribution in [0.25, 0.3) is 0 Å². The average molecular weight is 352 g/mol. The van der Waals surface area contributed by atoms with E-state index in [4.69, 9.17) is 0 Å². The Hall–Kier alpha value is 0.690. The summed E-state index contributed by atoms with van der Waals surface area (Å²) in [5.74, 6) is 1.51. The maximum Gasteiger partial charge on any atom is 0.0565 e. The minimum atomic E-state index is -0.0594. The van der Waals surface area contributed by atoms with Gasteiger partial charge in [-0.25, -0.2) is 0 Å². The van der Waals surface area contributed by atoms with Crippen molar-refractivity contribution < 1.29 is 5.11 Å². The predicted octanol–water partition coefficient (Wildman–Crippen LogP) is 4.95. The summed E-state index contributed by atoms with van der Waals surface area (Å²) in [5.41, 5.74) is 0. The molecule has 0 radical (unpaired) electrons. The fraction of sp³-hybridized carbons (Fsp3) is 1.00. The van der Waals surface area contributed by atoms with Crippen molar-refractivity contribution >= 4 is 22.6 Å². The maximum absolute atomic E-state index is 10.0. The molecule has 0 aromatic heterocycles. The normalized spacial score (nSPS) is 28.9. The van der Waals surface area contributed by atoms with E-state index in [0.717, 1.165) is 16.3 Å². The van der Waals surface area contributed by atoms with Crippen LogP contribution in [-0.4, -0.2) is 15.1 Å². The Morgan fingerprint density at radius 2 is 1.76 bits per heavy atom. The third-order valence-corrected chi connectivity index (χ3v) is 5.59. The van der Waals surface area contributed by atoms with Crippen molar-refractivity contribution in [1.29, 1.82) is 0 Å². The van der Waals surface area contributed by atoms with Crippen LogP contribution in [0.2, 0.25) is 0 Å². The molecule has 2 heteroatoms. The Bertz CT molecular complexity index is 187. The van der Waals surface area contributed by atoms with Gasteiger partial charge in [-0.1, -0.05) is 49.3 Å². The SMILES string of the molecule is CCC[C@@H](CCC1CCC(I)CC1)C(O)CC. The third-order valence-electron chi connectivity index (χ3n) is 4.34. The third kappa shape index (κ3) is 5.91. The van der Waals surface area contributed by atoms with Gasteiger partial charge in [0.1, 0.15) is 0 Å². The highest BCUT2D eigenvalue weighted by atomic mass is 127. The topological polar surface area (TPSA) is 20.2 Å². The van der Waals surface area contributed by atoms with E-state index in [2.05, 4.69) is 36.4 Å². The van der Waals surface area contributed by atoms with Crippen molar-refractivity contribution in [3.63, 3.8) is 0 Å². The summed E-state index contributed by atoms with van der Waals surface area (Å²) < 4.78 is 0.927. The predicted molar refractivity (Wildman–Crippen MR) is 83.7 cm³/mol. The number of aliphatic hydroxyl groups is 1. The van der Waals surface area contributed by atoms with E-state index >= 15 is 0 Å². The minimum absolute atomic E-state index is 0.0594. The van der Waals surface area contributed by atoms with Crippen molar-refractivity contribution in [1.82, 2.24) is 0 Å². The van der Waals surface area contributed by atoms with Crippen molar-refractivity contribution in [2.75, 3.05) is 0 Å². The van der Waals surface area contributed by atoms with E-state index in [9.17, 15) is 5.11 Å². The van der Waals surface area contributed by atoms with Crippen molar-refractivity contribution in [3.8, 4) is 0 Å². The first-order chi connectivity index (χ1) is 8.17. The number of aliphatic hydroxyl groups excluding tert-OH is 1. The molecule has 1 saturated carbocycles. The second kappa shape index (κ2) is 8.73. The first kappa shape index (κ1) is 15.7. The second-order valence-corrected chi connectivity index (χ2v) is 7.48. The van der Waals surface area contributed by atoms with Gasteiger partial charge >= 0.3 is 0 Å². The number of hydrogen-bond acceptors (Lipinski definition) is 1. The largest absolute Gasteiger partial charge is 0.393 e. The Balaban J connectivity index is 2.26. The van der Waals surface area contributed by atoms with E-state index in [0.29, 0.717) is 5.92 Å². The van der Waals surface area contributed by atoms with Crippen LogP contribution >= 0.6 is 22.6 Å². The zero-order valence-electron chi connectivity index (χ0n) is 11.5. The van der Waals surface area contributed by atoms with Gasteiger partial charge in [0.05, 0.1) is 6.10 Å². The van der Waals surface area contributed by atoms with Crippen LogP contribution in [0.1, 0.15) is 71.6 Å². The molecule has 1 nitrogen and oxygen atoms in total. The molecule has 1 aliphatic carbocycles. The lowest BCUT2D eigenvalue weighted by Crippen LogP contribution is -2.21. The fourth-order valence-electron chi connectivity index (χ4n) is 3.09. The molecular weight excluding hydrogens is 323 g/mol. The van der Waals surface area contributed by atoms with E-state index in [1.54, 1.807) is 0 Å². The zero-order chi connectivity index (χ0) is 12.7. The Morgan fingerprint density at radius 1 is 1.12 bits per heavy atom. The molecule has 102 valence electrons. The van der Waals surface area contributed by atoms with Crippen LogP contribution in [0.3, 0.4) is 0 Å². The standard InChI is InChI=1S/C15H29IO/c1-3-5-13(15(17)4-2)9-6-12-7-10-14(16)11-8-12/h12-15,17H,3-11H2,1-2H3/t12?,13-,14?,15?/m0/s1. The highest BCUT2D eigenvalue weighted by molar-refractivity contribution is 14.1. The maximum atomic E-state index is 10.0. The van der Waals surface area contributed by atoms with Crippen LogP contribution < -0.4 is 0 Å². The molecule has 0 amide bonds. The number of rotatable bonds is 7. The molecule has 1 fully saturated rings. The number of alkyl halides is 1. The Kier molecular flexibility index (Phi) is 8.09. The van der Waals surface area contributed by atoms with Crippen LogP contribution in [0.5, 0.6) is 0 Å². The second-order valence-electron chi connectivity index (χ2n) is 5.72. The molecule has 0 aliphatic heterocycles. The van der Waals surface area contributed by atoms with Gasteiger partial charge < -0.3 is 5.11 Å². The molecule has 0 bridgehead atoms. The van der Waals surface area contributed by atoms with E-state index in [-0.39, 0.29) is 6.10 Å². The van der Waals surface area contributed by atoms with E-state index in [1.165, 1.54) is 51.4 Å². The summed E-state index contributed by atoms with van der Waals surface area (Å²) in [7, 11) is 0. The minimum Gasteiger partial charge on any atom is -0.393 e. The van der Waals surface area contributed by atoms with Crippen LogP contribution in [0.15, 0.2) is 0 Å². The van der Waals surface area contributed by atoms with Crippen molar-refractivity contribution in [2.45, 2.75) is 81.7 Å². The van der Waals surface area contributed by atoms with Crippen molar-refractivity contribution in [3.05, 3.63) is 0 Å². The molecule has 0 saturated heterocycles. The lowest BCUT2D eigenvalue weighted by molar-refractivity contribution is 0.0875. The number of hydrogen-bond donors (Lipinski definition) is 1. The highest BCUT2D eigenvalue weighted by Gasteiger charge is 2.22. The first-order valence-electron chi connectivity index (χ1n) is 7.49. The summed E-state index contributed by atoms with van der Waals surface area (Å²) in [6, 6.07) is 0. The molecule has 0 aromatic carbocycles. The molecule has 0 aromatic rings. The monoisotopic (exact) mass is 352 g/mol. The average Bonchev–Trinajstić information content (AvgIpc) is 2.35. The Morgan fingerprint density at radius 3 is 2.29 bits per heavy atom. The molecular formula is C15H29IO. The smallest absolute Gasteiger partial charge is 0.0565 e. The van der Waals surface area contributed by atoms with Crippen LogP contribution in [-0.2, 0) is 0 Å². The Labute approximate surface area is 121 Å². The quantitative estimate of drug-likeness (QED) is 0.508. The summed E-state index contributed by atoms with van der Waals surface area (Å²) in [6.07, 6.45) is 11.6. The number of halogens is 1. The molecule has 1 rings (SSSR count).